The van der Waals surface area contributed by atoms with E-state index in [0.29, 0.717) is 10.5 Å². The molecule has 11 nitrogen and oxygen atoms in total. The minimum absolute atomic E-state index is 0.176. The Morgan fingerprint density at radius 2 is 2.21 bits per heavy atom. The van der Waals surface area contributed by atoms with Gasteiger partial charge in [0, 0.05) is 5.56 Å². The van der Waals surface area contributed by atoms with Gasteiger partial charge >= 0.3 is 0 Å². The number of aldehydes is 1. The number of aromatic nitrogens is 6. The number of carbonyl (C=O) groups is 2. The molecule has 0 radical (unpaired) electrons. The van der Waals surface area contributed by atoms with Gasteiger partial charge in [-0.1, -0.05) is 16.4 Å². The molecule has 0 aliphatic rings. The van der Waals surface area contributed by atoms with Gasteiger partial charge in [-0.3, -0.25) is 14.4 Å². The smallest absolute Gasteiger partial charge is 0.280 e. The molecule has 1 aromatic carbocycles. The van der Waals surface area contributed by atoms with Crippen molar-refractivity contribution in [3.63, 3.8) is 0 Å². The molecular weight excluding hydrogens is 338 g/mol. The van der Waals surface area contributed by atoms with Gasteiger partial charge in [0.05, 0.1) is 5.69 Å². The van der Waals surface area contributed by atoms with Gasteiger partial charge in [0.25, 0.3) is 11.5 Å². The maximum atomic E-state index is 12.3. The van der Waals surface area contributed by atoms with Gasteiger partial charge in [0.2, 0.25) is 10.7 Å². The lowest BCUT2D eigenvalue weighted by Crippen LogP contribution is -2.25. The van der Waals surface area contributed by atoms with Crippen molar-refractivity contribution in [1.29, 1.82) is 0 Å². The summed E-state index contributed by atoms with van der Waals surface area (Å²) < 4.78 is 1.56. The van der Waals surface area contributed by atoms with Crippen molar-refractivity contribution in [2.45, 2.75) is 0 Å². The fraction of sp³-hybridized carbons (Fsp3) is 0. The molecule has 0 fully saturated rings. The second-order valence-electron chi connectivity index (χ2n) is 4.54. The van der Waals surface area contributed by atoms with Crippen molar-refractivity contribution in [3.8, 4) is 11.6 Å². The number of tetrazole rings is 1. The fourth-order valence-corrected chi connectivity index (χ4v) is 2.13. The lowest BCUT2D eigenvalue weighted by Gasteiger charge is -2.08. The number of hydrogen-bond acceptors (Lipinski definition) is 7. The normalized spacial score (nSPS) is 10.5. The van der Waals surface area contributed by atoms with Crippen LogP contribution in [0.15, 0.2) is 29.1 Å². The first kappa shape index (κ1) is 15.4. The zero-order valence-corrected chi connectivity index (χ0v) is 12.6. The molecule has 122 valence electrons. The Labute approximate surface area is 137 Å². The van der Waals surface area contributed by atoms with Gasteiger partial charge in [-0.25, -0.2) is 15.2 Å². The molecule has 0 atom stereocenters. The summed E-state index contributed by atoms with van der Waals surface area (Å²) in [5, 5.41) is 21.5. The van der Waals surface area contributed by atoms with E-state index in [4.69, 9.17) is 12.2 Å². The average molecular weight is 347 g/mol. The standard InChI is InChI=1S/C12H9N7O4S/c20-5-8-10(22)15-19(11(8)23)14-9(21)6-2-1-3-7(4-6)18-12(24)13-16-17-18/h1-5,23H,(H,14,21)(H,15,22)(H,13,17,24). The molecule has 0 saturated carbocycles. The lowest BCUT2D eigenvalue weighted by atomic mass is 10.2. The highest BCUT2D eigenvalue weighted by Crippen LogP contribution is 2.12. The number of rotatable bonds is 4. The number of hydrogen-bond donors (Lipinski definition) is 4. The van der Waals surface area contributed by atoms with Crippen LogP contribution in [0.4, 0.5) is 0 Å². The third-order valence-corrected chi connectivity index (χ3v) is 3.34. The molecule has 4 N–H and O–H groups in total. The molecule has 2 aromatic heterocycles. The largest absolute Gasteiger partial charge is 0.492 e. The summed E-state index contributed by atoms with van der Waals surface area (Å²) in [6.07, 6.45) is 0.185. The summed E-state index contributed by atoms with van der Waals surface area (Å²) in [5.74, 6) is -1.34. The van der Waals surface area contributed by atoms with Crippen molar-refractivity contribution in [2.24, 2.45) is 0 Å². The van der Waals surface area contributed by atoms with Crippen LogP contribution in [0, 0.1) is 4.77 Å². The number of nitrogens with one attached hydrogen (secondary N) is 3. The van der Waals surface area contributed by atoms with E-state index in [1.54, 1.807) is 12.1 Å². The SMILES string of the molecule is O=Cc1c(O)n(NC(=O)c2cccc(-n3[nH]nnc3=S)c2)[nH]c1=O. The number of carbonyl (C=O) groups excluding carboxylic acids is 2. The van der Waals surface area contributed by atoms with Crippen LogP contribution in [-0.4, -0.2) is 47.4 Å². The summed E-state index contributed by atoms with van der Waals surface area (Å²) in [5.41, 5.74) is 1.64. The van der Waals surface area contributed by atoms with E-state index in [1.165, 1.54) is 16.8 Å². The topological polar surface area (TPSA) is 151 Å². The van der Waals surface area contributed by atoms with Crippen LogP contribution in [0.5, 0.6) is 5.88 Å². The van der Waals surface area contributed by atoms with Gasteiger partial charge in [-0.15, -0.1) is 0 Å². The van der Waals surface area contributed by atoms with Crippen LogP contribution >= 0.6 is 12.2 Å². The van der Waals surface area contributed by atoms with E-state index >= 15 is 0 Å². The van der Waals surface area contributed by atoms with Crippen molar-refractivity contribution in [2.75, 3.05) is 5.43 Å². The molecule has 0 unspecified atom stereocenters. The summed E-state index contributed by atoms with van der Waals surface area (Å²) in [7, 11) is 0. The van der Waals surface area contributed by atoms with E-state index in [1.807, 2.05) is 0 Å². The minimum atomic E-state index is -0.827. The molecule has 0 spiro atoms. The van der Waals surface area contributed by atoms with Crippen molar-refractivity contribution >= 4 is 24.4 Å². The Morgan fingerprint density at radius 3 is 2.83 bits per heavy atom. The number of aromatic amines is 2. The predicted octanol–water partition coefficient (Wildman–Crippen LogP) is -0.283. The number of aromatic hydroxyl groups is 1. The van der Waals surface area contributed by atoms with Crippen LogP contribution in [-0.2, 0) is 0 Å². The fourth-order valence-electron chi connectivity index (χ4n) is 1.94. The maximum Gasteiger partial charge on any atom is 0.280 e. The quantitative estimate of drug-likeness (QED) is 0.374. The lowest BCUT2D eigenvalue weighted by molar-refractivity contribution is 0.100. The molecule has 0 aliphatic heterocycles. The molecule has 3 rings (SSSR count). The van der Waals surface area contributed by atoms with Gasteiger partial charge in [0.1, 0.15) is 5.56 Å². The highest BCUT2D eigenvalue weighted by molar-refractivity contribution is 7.71. The van der Waals surface area contributed by atoms with Crippen molar-refractivity contribution in [3.05, 3.63) is 50.5 Å². The van der Waals surface area contributed by atoms with E-state index in [9.17, 15) is 19.5 Å². The minimum Gasteiger partial charge on any atom is -0.492 e. The summed E-state index contributed by atoms with van der Waals surface area (Å²) >= 11 is 4.98. The van der Waals surface area contributed by atoms with Crippen molar-refractivity contribution < 1.29 is 14.7 Å². The van der Waals surface area contributed by atoms with Gasteiger partial charge in [-0.05, 0) is 30.4 Å². The second-order valence-corrected chi connectivity index (χ2v) is 4.91. The Morgan fingerprint density at radius 1 is 1.42 bits per heavy atom. The molecule has 0 aliphatic carbocycles. The molecule has 2 heterocycles. The Hall–Kier alpha value is -3.54. The van der Waals surface area contributed by atoms with Crippen LogP contribution < -0.4 is 11.0 Å². The Kier molecular flexibility index (Phi) is 3.79. The zero-order valence-electron chi connectivity index (χ0n) is 11.8. The van der Waals surface area contributed by atoms with Gasteiger partial charge in [-0.2, -0.15) is 10.0 Å². The first-order chi connectivity index (χ1) is 11.5. The van der Waals surface area contributed by atoms with Crippen LogP contribution in [0.1, 0.15) is 20.7 Å². The van der Waals surface area contributed by atoms with E-state index < -0.39 is 22.9 Å². The third kappa shape index (κ3) is 2.61. The number of amides is 1. The molecule has 0 bridgehead atoms. The van der Waals surface area contributed by atoms with Crippen LogP contribution in [0.2, 0.25) is 0 Å². The van der Waals surface area contributed by atoms with E-state index in [0.717, 1.165) is 0 Å². The molecule has 12 heteroatoms. The summed E-state index contributed by atoms with van der Waals surface area (Å²) in [6.45, 7) is 0. The molecule has 0 saturated heterocycles. The highest BCUT2D eigenvalue weighted by Gasteiger charge is 2.16. The molecule has 1 amide bonds. The van der Waals surface area contributed by atoms with Gasteiger partial charge in [0.15, 0.2) is 6.29 Å². The molecule has 24 heavy (non-hydrogen) atoms. The number of H-pyrrole nitrogens is 2. The number of nitrogens with zero attached hydrogens (tertiary/aromatic N) is 4. The maximum absolute atomic E-state index is 12.3. The molecule has 3 aromatic rings. The summed E-state index contributed by atoms with van der Waals surface area (Å²) in [4.78, 5) is 35.0. The number of benzene rings is 1. The molecular formula is C12H9N7O4S. The van der Waals surface area contributed by atoms with Crippen molar-refractivity contribution in [1.82, 2.24) is 30.1 Å². The van der Waals surface area contributed by atoms with Gasteiger partial charge < -0.3 is 5.11 Å². The third-order valence-electron chi connectivity index (χ3n) is 3.08. The first-order valence-electron chi connectivity index (χ1n) is 6.42. The Bertz CT molecular complexity index is 1040. The van der Waals surface area contributed by atoms with E-state index in [2.05, 4.69) is 26.0 Å². The first-order valence-corrected chi connectivity index (χ1v) is 6.83. The Balaban J connectivity index is 1.91. The average Bonchev–Trinajstić information content (AvgIpc) is 3.11. The monoisotopic (exact) mass is 347 g/mol. The highest BCUT2D eigenvalue weighted by atomic mass is 32.1. The van der Waals surface area contributed by atoms with E-state index in [-0.39, 0.29) is 16.6 Å². The zero-order chi connectivity index (χ0) is 17.3. The van der Waals surface area contributed by atoms with Crippen LogP contribution in [0.3, 0.4) is 0 Å². The predicted molar refractivity (Wildman–Crippen MR) is 82.3 cm³/mol. The van der Waals surface area contributed by atoms with Crippen LogP contribution in [0.25, 0.3) is 5.69 Å². The second kappa shape index (κ2) is 5.92. The summed E-state index contributed by atoms with van der Waals surface area (Å²) in [6, 6.07) is 6.27.